The van der Waals surface area contributed by atoms with E-state index >= 15 is 0 Å². The summed E-state index contributed by atoms with van der Waals surface area (Å²) < 4.78 is 0. The predicted octanol–water partition coefficient (Wildman–Crippen LogP) is 3.69. The SMILES string of the molecule is CCC(c1cccs1)N1C(=O)[C@H]2CN(Cc3sccc3C)C[C@H]2C1=O. The van der Waals surface area contributed by atoms with Crippen molar-refractivity contribution in [3.8, 4) is 0 Å². The third-order valence-corrected chi connectivity index (χ3v) is 7.39. The van der Waals surface area contributed by atoms with Crippen LogP contribution >= 0.6 is 22.7 Å². The molecule has 0 aliphatic carbocycles. The van der Waals surface area contributed by atoms with Gasteiger partial charge in [-0.25, -0.2) is 0 Å². The van der Waals surface area contributed by atoms with Gasteiger partial charge in [-0.1, -0.05) is 13.0 Å². The number of thiophene rings is 2. The molecule has 2 aliphatic heterocycles. The average Bonchev–Trinajstić information content (AvgIpc) is 3.35. The van der Waals surface area contributed by atoms with E-state index in [2.05, 4.69) is 23.3 Å². The molecular weight excluding hydrogens is 352 g/mol. The summed E-state index contributed by atoms with van der Waals surface area (Å²) in [5.74, 6) is -0.273. The maximum Gasteiger partial charge on any atom is 0.235 e. The summed E-state index contributed by atoms with van der Waals surface area (Å²) in [6.07, 6.45) is 0.773. The van der Waals surface area contributed by atoms with Crippen molar-refractivity contribution in [3.63, 3.8) is 0 Å². The van der Waals surface area contributed by atoms with Crippen molar-refractivity contribution in [2.24, 2.45) is 11.8 Å². The van der Waals surface area contributed by atoms with Crippen LogP contribution in [0.25, 0.3) is 0 Å². The number of fused-ring (bicyclic) bond motifs is 1. The molecule has 2 aromatic rings. The topological polar surface area (TPSA) is 40.6 Å². The molecule has 25 heavy (non-hydrogen) atoms. The van der Waals surface area contributed by atoms with Crippen LogP contribution in [-0.2, 0) is 16.1 Å². The molecule has 0 N–H and O–H groups in total. The van der Waals surface area contributed by atoms with Crippen molar-refractivity contribution in [2.75, 3.05) is 13.1 Å². The van der Waals surface area contributed by atoms with Crippen LogP contribution in [0.5, 0.6) is 0 Å². The molecule has 4 heterocycles. The number of nitrogens with zero attached hydrogens (tertiary/aromatic N) is 2. The lowest BCUT2D eigenvalue weighted by atomic mass is 10.00. The van der Waals surface area contributed by atoms with E-state index in [9.17, 15) is 9.59 Å². The fourth-order valence-electron chi connectivity index (χ4n) is 4.05. The molecule has 2 amide bonds. The number of likely N-dealkylation sites (tertiary alicyclic amines) is 2. The second-order valence-electron chi connectivity index (χ2n) is 6.92. The van der Waals surface area contributed by atoms with Crippen molar-refractivity contribution in [3.05, 3.63) is 44.3 Å². The van der Waals surface area contributed by atoms with Gasteiger partial charge >= 0.3 is 0 Å². The molecule has 2 fully saturated rings. The highest BCUT2D eigenvalue weighted by atomic mass is 32.1. The minimum Gasteiger partial charge on any atom is -0.297 e. The predicted molar refractivity (Wildman–Crippen MR) is 101 cm³/mol. The smallest absolute Gasteiger partial charge is 0.235 e. The Labute approximate surface area is 156 Å². The number of aryl methyl sites for hydroxylation is 1. The second-order valence-corrected chi connectivity index (χ2v) is 8.90. The molecule has 4 nitrogen and oxygen atoms in total. The van der Waals surface area contributed by atoms with E-state index in [-0.39, 0.29) is 29.7 Å². The molecule has 3 atom stereocenters. The van der Waals surface area contributed by atoms with Gasteiger partial charge in [-0.05, 0) is 41.8 Å². The highest BCUT2D eigenvalue weighted by Crippen LogP contribution is 2.40. The molecule has 132 valence electrons. The van der Waals surface area contributed by atoms with E-state index in [1.54, 1.807) is 27.6 Å². The van der Waals surface area contributed by atoms with Gasteiger partial charge in [0.2, 0.25) is 11.8 Å². The number of carbonyl (C=O) groups is 2. The Balaban J connectivity index is 1.50. The summed E-state index contributed by atoms with van der Waals surface area (Å²) >= 11 is 3.38. The van der Waals surface area contributed by atoms with E-state index < -0.39 is 0 Å². The van der Waals surface area contributed by atoms with Crippen LogP contribution in [0.2, 0.25) is 0 Å². The van der Waals surface area contributed by atoms with E-state index in [0.29, 0.717) is 13.1 Å². The van der Waals surface area contributed by atoms with Gasteiger partial charge in [-0.15, -0.1) is 22.7 Å². The zero-order valence-electron chi connectivity index (χ0n) is 14.5. The van der Waals surface area contributed by atoms with Gasteiger partial charge in [0.05, 0.1) is 17.9 Å². The minimum absolute atomic E-state index is 0.0284. The Hall–Kier alpha value is -1.50. The van der Waals surface area contributed by atoms with E-state index in [4.69, 9.17) is 0 Å². The standard InChI is InChI=1S/C19H22N2O2S2/c1-3-15(16-5-4-7-24-16)21-18(22)13-9-20(10-14(13)19(21)23)11-17-12(2)6-8-25-17/h4-8,13-15H,3,9-11H2,1-2H3/t13-,14+,15?. The van der Waals surface area contributed by atoms with Gasteiger partial charge in [-0.2, -0.15) is 0 Å². The van der Waals surface area contributed by atoms with Gasteiger partial charge in [0, 0.05) is 29.4 Å². The summed E-state index contributed by atoms with van der Waals surface area (Å²) in [6.45, 7) is 6.41. The number of rotatable bonds is 5. The summed E-state index contributed by atoms with van der Waals surface area (Å²) in [4.78, 5) is 32.3. The maximum atomic E-state index is 13.0. The fraction of sp³-hybridized carbons (Fsp3) is 0.474. The van der Waals surface area contributed by atoms with Crippen LogP contribution in [0.3, 0.4) is 0 Å². The molecular formula is C19H22N2O2S2. The first kappa shape index (κ1) is 16.9. The first-order valence-corrected chi connectivity index (χ1v) is 10.5. The average molecular weight is 375 g/mol. The Morgan fingerprint density at radius 2 is 1.84 bits per heavy atom. The molecule has 2 saturated heterocycles. The Morgan fingerprint density at radius 1 is 1.12 bits per heavy atom. The first-order valence-electron chi connectivity index (χ1n) is 8.75. The summed E-state index contributed by atoms with van der Waals surface area (Å²) in [5.41, 5.74) is 1.30. The van der Waals surface area contributed by atoms with Crippen LogP contribution in [0.15, 0.2) is 29.0 Å². The van der Waals surface area contributed by atoms with E-state index in [1.807, 2.05) is 24.4 Å². The van der Waals surface area contributed by atoms with Crippen LogP contribution in [0, 0.1) is 18.8 Å². The van der Waals surface area contributed by atoms with Gasteiger partial charge in [0.25, 0.3) is 0 Å². The molecule has 0 saturated carbocycles. The molecule has 2 aliphatic rings. The third-order valence-electron chi connectivity index (χ3n) is 5.41. The van der Waals surface area contributed by atoms with Gasteiger partial charge in [-0.3, -0.25) is 19.4 Å². The third kappa shape index (κ3) is 2.86. The van der Waals surface area contributed by atoms with Gasteiger partial charge in [0.1, 0.15) is 0 Å². The number of amides is 2. The zero-order chi connectivity index (χ0) is 17.6. The van der Waals surface area contributed by atoms with Crippen molar-refractivity contribution in [2.45, 2.75) is 32.9 Å². The number of hydrogen-bond acceptors (Lipinski definition) is 5. The Bertz CT molecular complexity index is 759. The lowest BCUT2D eigenvalue weighted by Gasteiger charge is -2.27. The summed E-state index contributed by atoms with van der Waals surface area (Å²) in [6, 6.07) is 6.04. The fourth-order valence-corrected chi connectivity index (χ4v) is 5.90. The molecule has 1 unspecified atom stereocenters. The second kappa shape index (κ2) is 6.67. The normalized spacial score (nSPS) is 25.0. The molecule has 0 bridgehead atoms. The highest BCUT2D eigenvalue weighted by Gasteiger charge is 2.54. The molecule has 0 radical (unpaired) electrons. The van der Waals surface area contributed by atoms with Crippen molar-refractivity contribution < 1.29 is 9.59 Å². The molecule has 0 spiro atoms. The van der Waals surface area contributed by atoms with Crippen LogP contribution in [0.1, 0.15) is 34.7 Å². The van der Waals surface area contributed by atoms with Gasteiger partial charge in [0.15, 0.2) is 0 Å². The van der Waals surface area contributed by atoms with Gasteiger partial charge < -0.3 is 0 Å². The number of imide groups is 1. The zero-order valence-corrected chi connectivity index (χ0v) is 16.1. The quantitative estimate of drug-likeness (QED) is 0.750. The largest absolute Gasteiger partial charge is 0.297 e. The van der Waals surface area contributed by atoms with Crippen LogP contribution in [0.4, 0.5) is 0 Å². The van der Waals surface area contributed by atoms with Crippen molar-refractivity contribution in [1.29, 1.82) is 0 Å². The van der Waals surface area contributed by atoms with E-state index in [0.717, 1.165) is 17.8 Å². The molecule has 6 heteroatoms. The molecule has 2 aromatic heterocycles. The van der Waals surface area contributed by atoms with E-state index in [1.165, 1.54) is 10.4 Å². The Kier molecular flexibility index (Phi) is 4.52. The number of carbonyl (C=O) groups excluding carboxylic acids is 2. The van der Waals surface area contributed by atoms with Crippen LogP contribution < -0.4 is 0 Å². The number of hydrogen-bond donors (Lipinski definition) is 0. The van der Waals surface area contributed by atoms with Crippen molar-refractivity contribution in [1.82, 2.24) is 9.80 Å². The first-order chi connectivity index (χ1) is 12.1. The van der Waals surface area contributed by atoms with Crippen molar-refractivity contribution >= 4 is 34.5 Å². The lowest BCUT2D eigenvalue weighted by molar-refractivity contribution is -0.143. The monoisotopic (exact) mass is 374 g/mol. The summed E-state index contributed by atoms with van der Waals surface area (Å²) in [5, 5.41) is 4.11. The highest BCUT2D eigenvalue weighted by molar-refractivity contribution is 7.10. The lowest BCUT2D eigenvalue weighted by Crippen LogP contribution is -2.38. The Morgan fingerprint density at radius 3 is 2.36 bits per heavy atom. The maximum absolute atomic E-state index is 13.0. The van der Waals surface area contributed by atoms with Crippen LogP contribution in [-0.4, -0.2) is 34.7 Å². The summed E-state index contributed by atoms with van der Waals surface area (Å²) in [7, 11) is 0. The molecule has 4 rings (SSSR count). The minimum atomic E-state index is -0.165. The molecule has 0 aromatic carbocycles.